The Balaban J connectivity index is 1.77. The van der Waals surface area contributed by atoms with Gasteiger partial charge >= 0.3 is 6.09 Å². The third kappa shape index (κ3) is 6.86. The summed E-state index contributed by atoms with van der Waals surface area (Å²) >= 11 is 5.89. The topological polar surface area (TPSA) is 76.6 Å². The minimum atomic E-state index is -0.559. The van der Waals surface area contributed by atoms with Gasteiger partial charge in [0.25, 0.3) is 0 Å². The van der Waals surface area contributed by atoms with E-state index in [0.29, 0.717) is 31.5 Å². The van der Waals surface area contributed by atoms with Gasteiger partial charge in [0, 0.05) is 25.4 Å². The van der Waals surface area contributed by atoms with Crippen molar-refractivity contribution in [2.75, 3.05) is 13.1 Å². The van der Waals surface area contributed by atoms with Crippen LogP contribution in [-0.2, 0) is 20.7 Å². The minimum Gasteiger partial charge on any atom is -0.444 e. The van der Waals surface area contributed by atoms with E-state index in [9.17, 15) is 18.8 Å². The molecule has 154 valence electrons. The van der Waals surface area contributed by atoms with Gasteiger partial charge in [0.2, 0.25) is 0 Å². The number of hydrogen-bond acceptors (Lipinski definition) is 5. The second-order valence-corrected chi connectivity index (χ2v) is 8.38. The maximum atomic E-state index is 13.2. The highest BCUT2D eigenvalue weighted by molar-refractivity contribution is 6.30. The lowest BCUT2D eigenvalue weighted by Gasteiger charge is -2.32. The second kappa shape index (κ2) is 9.45. The summed E-state index contributed by atoms with van der Waals surface area (Å²) in [5.41, 5.74) is -0.107. The molecular weight excluding hydrogens is 387 g/mol. The number of aromatic nitrogens is 1. The number of amides is 1. The normalized spacial score (nSPS) is 15.4. The quantitative estimate of drug-likeness (QED) is 0.521. The Morgan fingerprint density at radius 3 is 2.54 bits per heavy atom. The number of rotatable bonds is 6. The Kier molecular flexibility index (Phi) is 7.52. The van der Waals surface area contributed by atoms with E-state index < -0.39 is 11.4 Å². The average Bonchev–Trinajstić information content (AvgIpc) is 2.61. The lowest BCUT2D eigenvalue weighted by Crippen LogP contribution is -2.43. The van der Waals surface area contributed by atoms with Gasteiger partial charge in [-0.1, -0.05) is 11.6 Å². The summed E-state index contributed by atoms with van der Waals surface area (Å²) < 4.78 is 18.5. The van der Waals surface area contributed by atoms with Gasteiger partial charge in [-0.15, -0.1) is 0 Å². The van der Waals surface area contributed by atoms with Gasteiger partial charge < -0.3 is 9.64 Å². The molecule has 1 aliphatic heterocycles. The van der Waals surface area contributed by atoms with Gasteiger partial charge in [0.05, 0.1) is 12.6 Å². The molecule has 8 heteroatoms. The second-order valence-electron chi connectivity index (χ2n) is 8.03. The number of aryl methyl sites for hydroxylation is 1. The van der Waals surface area contributed by atoms with Gasteiger partial charge in [0.15, 0.2) is 0 Å². The van der Waals surface area contributed by atoms with Crippen LogP contribution in [-0.4, -0.2) is 46.2 Å². The van der Waals surface area contributed by atoms with Crippen molar-refractivity contribution < 1.29 is 23.5 Å². The molecule has 1 saturated heterocycles. The van der Waals surface area contributed by atoms with Crippen LogP contribution in [0.3, 0.4) is 0 Å². The fourth-order valence-corrected chi connectivity index (χ4v) is 3.25. The highest BCUT2D eigenvalue weighted by atomic mass is 35.5. The average molecular weight is 413 g/mol. The van der Waals surface area contributed by atoms with Crippen LogP contribution < -0.4 is 0 Å². The number of carbonyl (C=O) groups is 3. The Morgan fingerprint density at radius 2 is 1.93 bits per heavy atom. The fourth-order valence-electron chi connectivity index (χ4n) is 3.05. The van der Waals surface area contributed by atoms with Crippen LogP contribution in [0.25, 0.3) is 0 Å². The molecule has 0 radical (unpaired) electrons. The Bertz CT molecular complexity index is 740. The lowest BCUT2D eigenvalue weighted by atomic mass is 9.89. The van der Waals surface area contributed by atoms with Crippen molar-refractivity contribution in [1.29, 1.82) is 0 Å². The zero-order chi connectivity index (χ0) is 20.9. The number of piperidine rings is 1. The summed E-state index contributed by atoms with van der Waals surface area (Å²) in [6.07, 6.45) is 1.86. The molecule has 0 bridgehead atoms. The van der Waals surface area contributed by atoms with E-state index in [-0.39, 0.29) is 48.0 Å². The van der Waals surface area contributed by atoms with Gasteiger partial charge in [-0.05, 0) is 51.7 Å². The number of ether oxygens (including phenoxy) is 1. The van der Waals surface area contributed by atoms with Gasteiger partial charge in [0.1, 0.15) is 28.1 Å². The smallest absolute Gasteiger partial charge is 0.410 e. The van der Waals surface area contributed by atoms with Crippen LogP contribution in [0.1, 0.15) is 52.0 Å². The first kappa shape index (κ1) is 22.3. The van der Waals surface area contributed by atoms with Crippen LogP contribution in [0.2, 0.25) is 5.15 Å². The molecule has 0 atom stereocenters. The van der Waals surface area contributed by atoms with Crippen molar-refractivity contribution >= 4 is 29.3 Å². The standard InChI is InChI=1S/C20H26ClFN2O4/c1-20(2,3)28-19(27)24-8-6-13(7-9-24)17(26)11-16(25)5-4-14-10-15(22)12-23-18(14)21/h10,12-13H,4-9,11H2,1-3H3. The molecule has 0 aliphatic carbocycles. The monoisotopic (exact) mass is 412 g/mol. The van der Waals surface area contributed by atoms with Crippen LogP contribution in [0.5, 0.6) is 0 Å². The first-order valence-corrected chi connectivity index (χ1v) is 9.75. The molecule has 0 spiro atoms. The van der Waals surface area contributed by atoms with Crippen molar-refractivity contribution in [3.8, 4) is 0 Å². The van der Waals surface area contributed by atoms with Crippen molar-refractivity contribution in [3.63, 3.8) is 0 Å². The molecular formula is C20H26ClFN2O4. The van der Waals surface area contributed by atoms with E-state index in [0.717, 1.165) is 6.20 Å². The number of likely N-dealkylation sites (tertiary alicyclic amines) is 1. The molecule has 0 saturated carbocycles. The number of hydrogen-bond donors (Lipinski definition) is 0. The molecule has 0 aromatic carbocycles. The van der Waals surface area contributed by atoms with Crippen LogP contribution in [0.4, 0.5) is 9.18 Å². The minimum absolute atomic E-state index is 0.105. The molecule has 1 amide bonds. The molecule has 6 nitrogen and oxygen atoms in total. The van der Waals surface area contributed by atoms with Crippen molar-refractivity contribution in [1.82, 2.24) is 9.88 Å². The molecule has 1 aromatic rings. The number of Topliss-reactive ketones (excluding diaryl/α,β-unsaturated/α-hetero) is 2. The van der Waals surface area contributed by atoms with E-state index in [2.05, 4.69) is 4.98 Å². The predicted molar refractivity (Wildman–Crippen MR) is 103 cm³/mol. The summed E-state index contributed by atoms with van der Waals surface area (Å²) in [5, 5.41) is 0.162. The largest absolute Gasteiger partial charge is 0.444 e. The number of nitrogens with zero attached hydrogens (tertiary/aromatic N) is 2. The summed E-state index contributed by atoms with van der Waals surface area (Å²) in [4.78, 5) is 41.9. The molecule has 2 heterocycles. The molecule has 1 fully saturated rings. The summed E-state index contributed by atoms with van der Waals surface area (Å²) in [6, 6.07) is 1.25. The van der Waals surface area contributed by atoms with Gasteiger partial charge in [-0.2, -0.15) is 0 Å². The van der Waals surface area contributed by atoms with E-state index in [1.807, 2.05) is 0 Å². The third-order valence-electron chi connectivity index (χ3n) is 4.52. The fraction of sp³-hybridized carbons (Fsp3) is 0.600. The first-order valence-electron chi connectivity index (χ1n) is 9.37. The SMILES string of the molecule is CC(C)(C)OC(=O)N1CCC(C(=O)CC(=O)CCc2cc(F)cnc2Cl)CC1. The highest BCUT2D eigenvalue weighted by Crippen LogP contribution is 2.22. The molecule has 1 aliphatic rings. The predicted octanol–water partition coefficient (Wildman–Crippen LogP) is 3.98. The molecule has 2 rings (SSSR count). The zero-order valence-electron chi connectivity index (χ0n) is 16.5. The van der Waals surface area contributed by atoms with Gasteiger partial charge in [-0.25, -0.2) is 14.2 Å². The van der Waals surface area contributed by atoms with Crippen molar-refractivity contribution in [2.24, 2.45) is 5.92 Å². The van der Waals surface area contributed by atoms with E-state index in [1.54, 1.807) is 25.7 Å². The van der Waals surface area contributed by atoms with Crippen molar-refractivity contribution in [3.05, 3.63) is 28.8 Å². The number of pyridine rings is 1. The van der Waals surface area contributed by atoms with Crippen LogP contribution in [0.15, 0.2) is 12.3 Å². The van der Waals surface area contributed by atoms with Crippen molar-refractivity contribution in [2.45, 2.75) is 58.5 Å². The molecule has 0 unspecified atom stereocenters. The highest BCUT2D eigenvalue weighted by Gasteiger charge is 2.30. The Hall–Kier alpha value is -2.02. The summed E-state index contributed by atoms with van der Waals surface area (Å²) in [7, 11) is 0. The first-order chi connectivity index (χ1) is 13.0. The molecule has 1 aromatic heterocycles. The number of carbonyl (C=O) groups excluding carboxylic acids is 3. The summed E-state index contributed by atoms with van der Waals surface area (Å²) in [5.74, 6) is -1.07. The van der Waals surface area contributed by atoms with Crippen LogP contribution in [0, 0.1) is 11.7 Å². The molecule has 28 heavy (non-hydrogen) atoms. The summed E-state index contributed by atoms with van der Waals surface area (Å²) in [6.45, 7) is 6.29. The zero-order valence-corrected chi connectivity index (χ0v) is 17.2. The van der Waals surface area contributed by atoms with Crippen LogP contribution >= 0.6 is 11.6 Å². The Morgan fingerprint density at radius 1 is 1.29 bits per heavy atom. The maximum Gasteiger partial charge on any atom is 0.410 e. The number of ketones is 2. The molecule has 0 N–H and O–H groups in total. The number of halogens is 2. The lowest BCUT2D eigenvalue weighted by molar-refractivity contribution is -0.130. The third-order valence-corrected chi connectivity index (χ3v) is 4.87. The van der Waals surface area contributed by atoms with Gasteiger partial charge in [-0.3, -0.25) is 9.59 Å². The maximum absolute atomic E-state index is 13.2. The Labute approximate surface area is 169 Å². The van der Waals surface area contributed by atoms with E-state index >= 15 is 0 Å². The van der Waals surface area contributed by atoms with E-state index in [4.69, 9.17) is 16.3 Å². The van der Waals surface area contributed by atoms with E-state index in [1.165, 1.54) is 6.07 Å².